The molecule has 1 spiro atoms. The van der Waals surface area contributed by atoms with Gasteiger partial charge in [0, 0.05) is 23.2 Å². The number of carbonyl (C=O) groups excluding carboxylic acids is 1. The van der Waals surface area contributed by atoms with Crippen LogP contribution in [0.4, 0.5) is 14.5 Å². The number of halogens is 2. The molecule has 1 aromatic heterocycles. The zero-order valence-electron chi connectivity index (χ0n) is 16.9. The van der Waals surface area contributed by atoms with E-state index in [9.17, 15) is 13.6 Å². The summed E-state index contributed by atoms with van der Waals surface area (Å²) in [5.41, 5.74) is 3.35. The molecule has 0 aliphatic heterocycles. The van der Waals surface area contributed by atoms with Gasteiger partial charge in [-0.2, -0.15) is 0 Å². The lowest BCUT2D eigenvalue weighted by atomic mass is 9.75. The number of carbonyl (C=O) groups is 1. The number of hydrogen-bond acceptors (Lipinski definition) is 2. The second-order valence-corrected chi connectivity index (χ2v) is 8.91. The van der Waals surface area contributed by atoms with E-state index in [0.29, 0.717) is 17.2 Å². The highest BCUT2D eigenvalue weighted by Gasteiger charge is 2.58. The van der Waals surface area contributed by atoms with Gasteiger partial charge in [0.1, 0.15) is 11.6 Å². The third-order valence-electron chi connectivity index (χ3n) is 7.09. The van der Waals surface area contributed by atoms with Crippen molar-refractivity contribution in [3.63, 3.8) is 0 Å². The fourth-order valence-electron chi connectivity index (χ4n) is 5.19. The smallest absolute Gasteiger partial charge is 0.228 e. The van der Waals surface area contributed by atoms with Crippen LogP contribution < -0.4 is 5.32 Å². The van der Waals surface area contributed by atoms with Crippen LogP contribution in [0.25, 0.3) is 10.9 Å². The number of amides is 1. The van der Waals surface area contributed by atoms with E-state index in [2.05, 4.69) is 10.3 Å². The van der Waals surface area contributed by atoms with E-state index in [0.717, 1.165) is 43.0 Å². The zero-order chi connectivity index (χ0) is 20.9. The second-order valence-electron chi connectivity index (χ2n) is 8.91. The van der Waals surface area contributed by atoms with E-state index < -0.39 is 0 Å². The first-order chi connectivity index (χ1) is 14.4. The summed E-state index contributed by atoms with van der Waals surface area (Å²) in [6, 6.07) is 11.3. The van der Waals surface area contributed by atoms with Gasteiger partial charge in [-0.3, -0.25) is 9.78 Å². The van der Waals surface area contributed by atoms with Crippen molar-refractivity contribution in [3.05, 3.63) is 71.4 Å². The Kier molecular flexibility index (Phi) is 4.57. The van der Waals surface area contributed by atoms with Crippen molar-refractivity contribution in [1.29, 1.82) is 0 Å². The third-order valence-corrected chi connectivity index (χ3v) is 7.09. The number of nitrogens with one attached hydrogen (secondary N) is 1. The van der Waals surface area contributed by atoms with Gasteiger partial charge >= 0.3 is 0 Å². The van der Waals surface area contributed by atoms with Gasteiger partial charge in [-0.15, -0.1) is 0 Å². The summed E-state index contributed by atoms with van der Waals surface area (Å²) in [6.45, 7) is 1.76. The first kappa shape index (κ1) is 19.2. The van der Waals surface area contributed by atoms with Gasteiger partial charge in [0.25, 0.3) is 0 Å². The van der Waals surface area contributed by atoms with Gasteiger partial charge in [0.15, 0.2) is 0 Å². The van der Waals surface area contributed by atoms with Crippen LogP contribution in [-0.2, 0) is 4.79 Å². The first-order valence-corrected chi connectivity index (χ1v) is 10.6. The minimum Gasteiger partial charge on any atom is -0.326 e. The lowest BCUT2D eigenvalue weighted by molar-refractivity contribution is -0.118. The highest BCUT2D eigenvalue weighted by atomic mass is 19.1. The molecule has 5 rings (SSSR count). The number of anilines is 1. The van der Waals surface area contributed by atoms with E-state index in [-0.39, 0.29) is 28.9 Å². The van der Waals surface area contributed by atoms with Crippen LogP contribution in [-0.4, -0.2) is 10.9 Å². The van der Waals surface area contributed by atoms with Crippen LogP contribution >= 0.6 is 0 Å². The normalized spacial score (nSPS) is 25.4. The molecule has 3 nitrogen and oxygen atoms in total. The number of nitrogens with zero attached hydrogens (tertiary/aromatic N) is 1. The monoisotopic (exact) mass is 406 g/mol. The van der Waals surface area contributed by atoms with Crippen molar-refractivity contribution < 1.29 is 13.6 Å². The number of hydrogen-bond donors (Lipinski definition) is 1. The van der Waals surface area contributed by atoms with E-state index in [1.807, 2.05) is 18.3 Å². The molecule has 3 aromatic rings. The average molecular weight is 406 g/mol. The van der Waals surface area contributed by atoms with E-state index in [4.69, 9.17) is 0 Å². The van der Waals surface area contributed by atoms with Crippen LogP contribution in [0.3, 0.4) is 0 Å². The zero-order valence-corrected chi connectivity index (χ0v) is 16.9. The summed E-state index contributed by atoms with van der Waals surface area (Å²) in [7, 11) is 0. The summed E-state index contributed by atoms with van der Waals surface area (Å²) in [6.07, 6.45) is 6.71. The number of rotatable bonds is 3. The standard InChI is InChI=1S/C25H24F2N2O/c1-15-12-23-20(13-22(15)27)19(8-11-28-23)16-6-9-25(10-7-16)14-21(25)24(30)29-18-4-2-17(26)3-5-18/h2-5,8,11-13,16,21H,6-7,9-10,14H2,1H3,(H,29,30). The van der Waals surface area contributed by atoms with Crippen molar-refractivity contribution in [3.8, 4) is 0 Å². The largest absolute Gasteiger partial charge is 0.326 e. The maximum Gasteiger partial charge on any atom is 0.228 e. The third kappa shape index (κ3) is 3.36. The van der Waals surface area contributed by atoms with Crippen LogP contribution in [0.1, 0.15) is 49.1 Å². The van der Waals surface area contributed by atoms with Crippen LogP contribution in [0.5, 0.6) is 0 Å². The van der Waals surface area contributed by atoms with E-state index in [1.165, 1.54) is 17.7 Å². The minimum absolute atomic E-state index is 0.0257. The number of fused-ring (bicyclic) bond motifs is 1. The van der Waals surface area contributed by atoms with Crippen molar-refractivity contribution in [2.45, 2.75) is 44.9 Å². The summed E-state index contributed by atoms with van der Waals surface area (Å²) in [4.78, 5) is 17.1. The van der Waals surface area contributed by atoms with Gasteiger partial charge in [-0.1, -0.05) is 0 Å². The summed E-state index contributed by atoms with van der Waals surface area (Å²) in [5.74, 6) is -0.0778. The molecular formula is C25H24F2N2O. The topological polar surface area (TPSA) is 42.0 Å². The molecule has 1 unspecified atom stereocenters. The average Bonchev–Trinajstić information content (AvgIpc) is 3.44. The Hall–Kier alpha value is -2.82. The van der Waals surface area contributed by atoms with Crippen molar-refractivity contribution in [2.75, 3.05) is 5.32 Å². The van der Waals surface area contributed by atoms with Gasteiger partial charge in [0.05, 0.1) is 5.52 Å². The molecule has 5 heteroatoms. The van der Waals surface area contributed by atoms with Gasteiger partial charge < -0.3 is 5.32 Å². The molecule has 1 amide bonds. The molecule has 2 aliphatic carbocycles. The predicted octanol–water partition coefficient (Wildman–Crippen LogP) is 6.12. The molecule has 0 bridgehead atoms. The molecule has 2 aliphatic rings. The Bertz CT molecular complexity index is 1120. The quantitative estimate of drug-likeness (QED) is 0.569. The molecule has 2 saturated carbocycles. The number of pyridine rings is 1. The van der Waals surface area contributed by atoms with Crippen LogP contribution in [0.2, 0.25) is 0 Å². The molecule has 154 valence electrons. The Balaban J connectivity index is 1.27. The molecule has 2 aromatic carbocycles. The van der Waals surface area contributed by atoms with E-state index in [1.54, 1.807) is 25.1 Å². The second kappa shape index (κ2) is 7.15. The summed E-state index contributed by atoms with van der Waals surface area (Å²) >= 11 is 0. The first-order valence-electron chi connectivity index (χ1n) is 10.6. The molecule has 1 heterocycles. The molecule has 1 N–H and O–H groups in total. The lowest BCUT2D eigenvalue weighted by Crippen LogP contribution is -2.22. The van der Waals surface area contributed by atoms with Crippen molar-refractivity contribution >= 4 is 22.5 Å². The fourth-order valence-corrected chi connectivity index (χ4v) is 5.19. The van der Waals surface area contributed by atoms with Crippen molar-refractivity contribution in [1.82, 2.24) is 4.98 Å². The number of aryl methyl sites for hydroxylation is 1. The molecule has 30 heavy (non-hydrogen) atoms. The number of benzene rings is 2. The Morgan fingerprint density at radius 3 is 2.57 bits per heavy atom. The van der Waals surface area contributed by atoms with Gasteiger partial charge in [-0.25, -0.2) is 8.78 Å². The molecule has 0 saturated heterocycles. The lowest BCUT2D eigenvalue weighted by Gasteiger charge is -2.30. The Labute approximate surface area is 174 Å². The highest BCUT2D eigenvalue weighted by Crippen LogP contribution is 2.63. The Morgan fingerprint density at radius 1 is 1.10 bits per heavy atom. The van der Waals surface area contributed by atoms with Gasteiger partial charge in [-0.05, 0) is 104 Å². The Morgan fingerprint density at radius 2 is 1.83 bits per heavy atom. The summed E-state index contributed by atoms with van der Waals surface area (Å²) < 4.78 is 27.2. The van der Waals surface area contributed by atoms with E-state index >= 15 is 0 Å². The van der Waals surface area contributed by atoms with Crippen LogP contribution in [0.15, 0.2) is 48.7 Å². The van der Waals surface area contributed by atoms with Gasteiger partial charge in [0.2, 0.25) is 5.91 Å². The maximum absolute atomic E-state index is 14.2. The SMILES string of the molecule is Cc1cc2nccc(C3CCC4(CC3)CC4C(=O)Nc3ccc(F)cc3)c2cc1F. The molecular weight excluding hydrogens is 382 g/mol. The highest BCUT2D eigenvalue weighted by molar-refractivity contribution is 5.95. The van der Waals surface area contributed by atoms with Crippen molar-refractivity contribution in [2.24, 2.45) is 11.3 Å². The molecule has 1 atom stereocenters. The minimum atomic E-state index is -0.312. The summed E-state index contributed by atoms with van der Waals surface area (Å²) in [5, 5.41) is 3.83. The fraction of sp³-hybridized carbons (Fsp3) is 0.360. The van der Waals surface area contributed by atoms with Crippen LogP contribution in [0, 0.1) is 29.9 Å². The predicted molar refractivity (Wildman–Crippen MR) is 113 cm³/mol. The molecule has 2 fully saturated rings. The number of aromatic nitrogens is 1. The maximum atomic E-state index is 14.2. The molecule has 0 radical (unpaired) electrons.